The lowest BCUT2D eigenvalue weighted by Gasteiger charge is -2.49. The number of benzene rings is 4. The predicted molar refractivity (Wildman–Crippen MR) is 171 cm³/mol. The van der Waals surface area contributed by atoms with Crippen LogP contribution in [0.15, 0.2) is 96.6 Å². The van der Waals surface area contributed by atoms with Crippen LogP contribution in [-0.4, -0.2) is 28.7 Å². The summed E-state index contributed by atoms with van der Waals surface area (Å²) in [4.78, 5) is 59.4. The number of carbonyl (C=O) groups is 4. The van der Waals surface area contributed by atoms with Crippen LogP contribution in [0.4, 0.5) is 15.8 Å². The Kier molecular flexibility index (Phi) is 6.28. The number of fused-ring (bicyclic) bond motifs is 5. The van der Waals surface area contributed by atoms with Gasteiger partial charge in [-0.1, -0.05) is 71.8 Å². The van der Waals surface area contributed by atoms with Crippen LogP contribution in [0.3, 0.4) is 0 Å². The van der Waals surface area contributed by atoms with E-state index in [1.54, 1.807) is 43.3 Å². The highest BCUT2D eigenvalue weighted by atomic mass is 35.5. The molecule has 3 fully saturated rings. The van der Waals surface area contributed by atoms with Gasteiger partial charge in [0.15, 0.2) is 0 Å². The molecule has 0 radical (unpaired) electrons. The Morgan fingerprint density at radius 3 is 2.33 bits per heavy atom. The van der Waals surface area contributed by atoms with Gasteiger partial charge in [0.1, 0.15) is 11.6 Å². The van der Waals surface area contributed by atoms with Crippen molar-refractivity contribution in [1.29, 1.82) is 0 Å². The van der Waals surface area contributed by atoms with Crippen molar-refractivity contribution < 1.29 is 28.7 Å². The lowest BCUT2D eigenvalue weighted by atomic mass is 9.51. The molecule has 1 saturated carbocycles. The number of rotatable bonds is 3. The Morgan fingerprint density at radius 1 is 0.826 bits per heavy atom. The van der Waals surface area contributed by atoms with Gasteiger partial charge in [0.05, 0.1) is 39.6 Å². The summed E-state index contributed by atoms with van der Waals surface area (Å²) in [5.74, 6) is -5.92. The molecular formula is C37H28ClFN2O5. The third kappa shape index (κ3) is 3.76. The largest absolute Gasteiger partial charge is 0.508 e. The molecule has 0 unspecified atom stereocenters. The highest BCUT2D eigenvalue weighted by molar-refractivity contribution is 6.32. The van der Waals surface area contributed by atoms with Gasteiger partial charge in [-0.2, -0.15) is 0 Å². The van der Waals surface area contributed by atoms with E-state index in [1.807, 2.05) is 36.4 Å². The molecule has 1 N–H and O–H groups in total. The van der Waals surface area contributed by atoms with E-state index in [2.05, 4.69) is 0 Å². The molecule has 2 aliphatic heterocycles. The smallest absolute Gasteiger partial charge is 0.241 e. The summed E-state index contributed by atoms with van der Waals surface area (Å²) in [6, 6.07) is 23.4. The van der Waals surface area contributed by atoms with Crippen LogP contribution in [0.2, 0.25) is 5.02 Å². The molecule has 2 heterocycles. The maximum Gasteiger partial charge on any atom is 0.241 e. The SMILES string of the molecule is C[C@@]12C(=O)N(c3ccc(F)c(Cl)c3)C(=O)[C@@H]1C[C@@H]1C(=CC[C@@H]3C(=O)N(c4ccccc4)C(=O)[C@@H]31)[C@@H]2c1c(O)ccc2ccccc12. The number of aromatic hydroxyl groups is 1. The average Bonchev–Trinajstić information content (AvgIpc) is 3.43. The number of imide groups is 2. The average molecular weight is 635 g/mol. The van der Waals surface area contributed by atoms with Gasteiger partial charge < -0.3 is 5.11 Å². The van der Waals surface area contributed by atoms with Crippen LogP contribution >= 0.6 is 11.6 Å². The minimum Gasteiger partial charge on any atom is -0.508 e. The van der Waals surface area contributed by atoms with Crippen molar-refractivity contribution in [3.63, 3.8) is 0 Å². The quantitative estimate of drug-likeness (QED) is 0.198. The lowest BCUT2D eigenvalue weighted by Crippen LogP contribution is -2.49. The molecule has 0 bridgehead atoms. The molecule has 7 nitrogen and oxygen atoms in total. The third-order valence-corrected chi connectivity index (χ3v) is 11.0. The summed E-state index contributed by atoms with van der Waals surface area (Å²) >= 11 is 6.10. The molecule has 4 aliphatic rings. The number of carbonyl (C=O) groups excluding carboxylic acids is 4. The van der Waals surface area contributed by atoms with Crippen LogP contribution in [0.25, 0.3) is 10.8 Å². The zero-order valence-electron chi connectivity index (χ0n) is 24.7. The molecule has 6 atom stereocenters. The predicted octanol–water partition coefficient (Wildman–Crippen LogP) is 6.77. The van der Waals surface area contributed by atoms with Gasteiger partial charge in [-0.05, 0) is 72.9 Å². The number of nitrogens with zero attached hydrogens (tertiary/aromatic N) is 2. The summed E-state index contributed by atoms with van der Waals surface area (Å²) in [7, 11) is 0. The first-order valence-corrected chi connectivity index (χ1v) is 15.7. The fourth-order valence-electron chi connectivity index (χ4n) is 8.61. The van der Waals surface area contributed by atoms with Crippen molar-refractivity contribution in [3.8, 4) is 5.75 Å². The lowest BCUT2D eigenvalue weighted by molar-refractivity contribution is -0.131. The van der Waals surface area contributed by atoms with Crippen molar-refractivity contribution in [1.82, 2.24) is 0 Å². The molecule has 4 aromatic rings. The van der Waals surface area contributed by atoms with E-state index >= 15 is 0 Å². The second kappa shape index (κ2) is 10.1. The van der Waals surface area contributed by atoms with E-state index < -0.39 is 52.6 Å². The molecule has 8 rings (SSSR count). The highest BCUT2D eigenvalue weighted by Crippen LogP contribution is 2.65. The van der Waals surface area contributed by atoms with Crippen molar-refractivity contribution in [2.45, 2.75) is 25.7 Å². The van der Waals surface area contributed by atoms with Crippen molar-refractivity contribution in [3.05, 3.63) is 113 Å². The second-order valence-corrected chi connectivity index (χ2v) is 13.2. The van der Waals surface area contributed by atoms with Gasteiger partial charge in [-0.3, -0.25) is 24.1 Å². The van der Waals surface area contributed by atoms with Crippen molar-refractivity contribution >= 4 is 57.4 Å². The normalized spacial score (nSPS) is 28.8. The van der Waals surface area contributed by atoms with E-state index in [0.29, 0.717) is 11.3 Å². The first-order valence-electron chi connectivity index (χ1n) is 15.3. The van der Waals surface area contributed by atoms with Crippen LogP contribution in [0.1, 0.15) is 31.2 Å². The van der Waals surface area contributed by atoms with Crippen LogP contribution in [-0.2, 0) is 19.2 Å². The first-order chi connectivity index (χ1) is 22.1. The molecule has 4 amide bonds. The Bertz CT molecular complexity index is 2050. The maximum absolute atomic E-state index is 14.7. The minimum atomic E-state index is -1.38. The van der Waals surface area contributed by atoms with Crippen molar-refractivity contribution in [2.24, 2.45) is 29.1 Å². The van der Waals surface area contributed by atoms with Gasteiger partial charge in [-0.15, -0.1) is 0 Å². The number of phenolic OH excluding ortho intramolecular Hbond substituents is 1. The van der Waals surface area contributed by atoms with E-state index in [-0.39, 0.29) is 41.1 Å². The zero-order valence-corrected chi connectivity index (χ0v) is 25.4. The molecule has 2 aliphatic carbocycles. The number of anilines is 2. The van der Waals surface area contributed by atoms with Gasteiger partial charge >= 0.3 is 0 Å². The summed E-state index contributed by atoms with van der Waals surface area (Å²) in [5, 5.41) is 12.9. The molecule has 0 spiro atoms. The van der Waals surface area contributed by atoms with E-state index in [9.17, 15) is 28.7 Å². The summed E-state index contributed by atoms with van der Waals surface area (Å²) < 4.78 is 14.2. The second-order valence-electron chi connectivity index (χ2n) is 12.8. The van der Waals surface area contributed by atoms with Crippen molar-refractivity contribution in [2.75, 3.05) is 9.80 Å². The van der Waals surface area contributed by atoms with Gasteiger partial charge in [0.25, 0.3) is 0 Å². The molecule has 9 heteroatoms. The van der Waals surface area contributed by atoms with Crippen LogP contribution < -0.4 is 9.80 Å². The number of para-hydroxylation sites is 1. The Hall–Kier alpha value is -4.82. The van der Waals surface area contributed by atoms with E-state index in [1.165, 1.54) is 17.0 Å². The third-order valence-electron chi connectivity index (χ3n) is 10.7. The molecular weight excluding hydrogens is 607 g/mol. The number of allylic oxidation sites excluding steroid dienone is 2. The van der Waals surface area contributed by atoms with E-state index in [0.717, 1.165) is 27.3 Å². The van der Waals surface area contributed by atoms with E-state index in [4.69, 9.17) is 11.6 Å². The minimum absolute atomic E-state index is 0.0318. The molecule has 230 valence electrons. The van der Waals surface area contributed by atoms with Crippen LogP contribution in [0.5, 0.6) is 5.75 Å². The number of phenols is 1. The first kappa shape index (κ1) is 28.6. The highest BCUT2D eigenvalue weighted by Gasteiger charge is 2.68. The molecule has 0 aromatic heterocycles. The summed E-state index contributed by atoms with van der Waals surface area (Å²) in [6.45, 7) is 1.75. The summed E-state index contributed by atoms with van der Waals surface area (Å²) in [6.07, 6.45) is 2.39. The molecule has 2 saturated heterocycles. The van der Waals surface area contributed by atoms with Gasteiger partial charge in [-0.25, -0.2) is 9.29 Å². The van der Waals surface area contributed by atoms with Gasteiger partial charge in [0, 0.05) is 11.5 Å². The monoisotopic (exact) mass is 634 g/mol. The number of hydrogen-bond donors (Lipinski definition) is 1. The molecule has 46 heavy (non-hydrogen) atoms. The van der Waals surface area contributed by atoms with Gasteiger partial charge in [0.2, 0.25) is 23.6 Å². The topological polar surface area (TPSA) is 95.0 Å². The number of amides is 4. The Morgan fingerprint density at radius 2 is 1.57 bits per heavy atom. The molecule has 4 aromatic carbocycles. The summed E-state index contributed by atoms with van der Waals surface area (Å²) in [5.41, 5.74) is 0.526. The fraction of sp³-hybridized carbons (Fsp3) is 0.243. The van der Waals surface area contributed by atoms with Crippen LogP contribution in [0, 0.1) is 34.9 Å². The zero-order chi connectivity index (χ0) is 32.1. The maximum atomic E-state index is 14.7. The Balaban J connectivity index is 1.33. The Labute approximate surface area is 268 Å². The number of halogens is 2. The standard InChI is InChI=1S/C37H28ClFN2O5/c1-37-26(34(44)41(36(37)46)21-12-15-28(39)27(38)17-21)18-25-23(32(37)31-22-10-6-5-7-19(22)11-16-29(31)42)13-14-24-30(25)35(45)40(33(24)43)20-8-3-2-4-9-20/h2-13,15-17,24-26,30,32,42H,14,18H2,1H3/t24-,25+,26-,30-,32+,37+/m0/s1. The number of hydrogen-bond acceptors (Lipinski definition) is 5. The fourth-order valence-corrected chi connectivity index (χ4v) is 8.79.